The van der Waals surface area contributed by atoms with Crippen molar-refractivity contribution in [2.75, 3.05) is 13.1 Å². The zero-order chi connectivity index (χ0) is 15.6. The van der Waals surface area contributed by atoms with Crippen molar-refractivity contribution >= 4 is 28.2 Å². The molecule has 1 fully saturated rings. The molecule has 1 aliphatic rings. The molecule has 2 aromatic heterocycles. The quantitative estimate of drug-likeness (QED) is 0.609. The van der Waals surface area contributed by atoms with Crippen LogP contribution in [0.25, 0.3) is 5.65 Å². The van der Waals surface area contributed by atoms with E-state index in [4.69, 9.17) is 0 Å². The van der Waals surface area contributed by atoms with E-state index in [2.05, 4.69) is 74.0 Å². The van der Waals surface area contributed by atoms with Gasteiger partial charge in [0.25, 0.3) is 0 Å². The fraction of sp³-hybridized carbons (Fsp3) is 0.333. The predicted octanol–water partition coefficient (Wildman–Crippen LogP) is 3.71. The Bertz CT molecular complexity index is 799. The number of benzene rings is 1. The zero-order valence-corrected chi connectivity index (χ0v) is 15.1. The van der Waals surface area contributed by atoms with Crippen molar-refractivity contribution in [3.63, 3.8) is 0 Å². The van der Waals surface area contributed by atoms with Crippen LogP contribution >= 0.6 is 22.6 Å². The Morgan fingerprint density at radius 2 is 2.04 bits per heavy atom. The van der Waals surface area contributed by atoms with E-state index in [-0.39, 0.29) is 0 Å². The molecule has 1 atom stereocenters. The highest BCUT2D eigenvalue weighted by atomic mass is 127. The maximum absolute atomic E-state index is 4.53. The van der Waals surface area contributed by atoms with Gasteiger partial charge in [0.1, 0.15) is 0 Å². The van der Waals surface area contributed by atoms with Crippen LogP contribution in [0.2, 0.25) is 0 Å². The van der Waals surface area contributed by atoms with Crippen LogP contribution in [0, 0.1) is 3.57 Å². The van der Waals surface area contributed by atoms with Gasteiger partial charge in [-0.2, -0.15) is 5.10 Å². The van der Waals surface area contributed by atoms with Gasteiger partial charge in [-0.25, -0.2) is 9.50 Å². The molecular formula is C18H19IN4. The molecule has 0 saturated carbocycles. The van der Waals surface area contributed by atoms with Crippen molar-refractivity contribution in [2.45, 2.75) is 25.3 Å². The lowest BCUT2D eigenvalue weighted by molar-refractivity contribution is 0.197. The van der Waals surface area contributed by atoms with Crippen molar-refractivity contribution < 1.29 is 0 Å². The SMILES string of the molecule is Ic1cnn2c(C3CCCN(Cc4ccccc4)C3)ccnc12. The van der Waals surface area contributed by atoms with Gasteiger partial charge < -0.3 is 0 Å². The van der Waals surface area contributed by atoms with Gasteiger partial charge in [0.15, 0.2) is 5.65 Å². The Hall–Kier alpha value is -1.47. The molecule has 5 heteroatoms. The molecule has 0 N–H and O–H groups in total. The van der Waals surface area contributed by atoms with Gasteiger partial charge in [0.05, 0.1) is 15.5 Å². The lowest BCUT2D eigenvalue weighted by Crippen LogP contribution is -2.34. The van der Waals surface area contributed by atoms with Gasteiger partial charge in [-0.1, -0.05) is 30.3 Å². The first-order valence-corrected chi connectivity index (χ1v) is 9.13. The minimum absolute atomic E-state index is 0.522. The normalized spacial score (nSPS) is 19.3. The lowest BCUT2D eigenvalue weighted by atomic mass is 9.94. The Morgan fingerprint density at radius 1 is 1.17 bits per heavy atom. The summed E-state index contributed by atoms with van der Waals surface area (Å²) in [5.41, 5.74) is 3.65. The van der Waals surface area contributed by atoms with Crippen molar-refractivity contribution in [3.8, 4) is 0 Å². The van der Waals surface area contributed by atoms with E-state index in [1.54, 1.807) is 0 Å². The molecule has 3 heterocycles. The van der Waals surface area contributed by atoms with Gasteiger partial charge in [-0.05, 0) is 53.6 Å². The molecule has 0 amide bonds. The molecule has 118 valence electrons. The maximum Gasteiger partial charge on any atom is 0.168 e. The average molecular weight is 418 g/mol. The molecule has 3 aromatic rings. The van der Waals surface area contributed by atoms with Crippen LogP contribution in [0.15, 0.2) is 48.8 Å². The van der Waals surface area contributed by atoms with Gasteiger partial charge in [-0.3, -0.25) is 4.90 Å². The third kappa shape index (κ3) is 3.12. The summed E-state index contributed by atoms with van der Waals surface area (Å²) in [5.74, 6) is 0.522. The lowest BCUT2D eigenvalue weighted by Gasteiger charge is -2.33. The fourth-order valence-corrected chi connectivity index (χ4v) is 3.97. The van der Waals surface area contributed by atoms with Crippen molar-refractivity contribution in [3.05, 3.63) is 63.6 Å². The average Bonchev–Trinajstić information content (AvgIpc) is 2.98. The number of nitrogens with zero attached hydrogens (tertiary/aromatic N) is 4. The number of hydrogen-bond donors (Lipinski definition) is 0. The van der Waals surface area contributed by atoms with Crippen LogP contribution in [0.1, 0.15) is 30.0 Å². The van der Waals surface area contributed by atoms with Gasteiger partial charge in [0.2, 0.25) is 0 Å². The van der Waals surface area contributed by atoms with Gasteiger partial charge in [-0.15, -0.1) is 0 Å². The number of hydrogen-bond acceptors (Lipinski definition) is 3. The highest BCUT2D eigenvalue weighted by molar-refractivity contribution is 14.1. The number of fused-ring (bicyclic) bond motifs is 1. The summed E-state index contributed by atoms with van der Waals surface area (Å²) in [6.45, 7) is 3.29. The first kappa shape index (κ1) is 15.1. The summed E-state index contributed by atoms with van der Waals surface area (Å²) in [7, 11) is 0. The third-order valence-corrected chi connectivity index (χ3v) is 5.32. The Morgan fingerprint density at radius 3 is 2.91 bits per heavy atom. The van der Waals surface area contributed by atoms with Crippen molar-refractivity contribution in [2.24, 2.45) is 0 Å². The smallest absolute Gasteiger partial charge is 0.168 e. The number of rotatable bonds is 3. The summed E-state index contributed by atoms with van der Waals surface area (Å²) in [5, 5.41) is 4.53. The van der Waals surface area contributed by atoms with E-state index in [1.165, 1.54) is 30.6 Å². The van der Waals surface area contributed by atoms with E-state index < -0.39 is 0 Å². The number of aromatic nitrogens is 3. The predicted molar refractivity (Wildman–Crippen MR) is 99.4 cm³/mol. The second kappa shape index (κ2) is 6.57. The van der Waals surface area contributed by atoms with Crippen LogP contribution in [0.3, 0.4) is 0 Å². The van der Waals surface area contributed by atoms with Crippen LogP contribution in [-0.2, 0) is 6.54 Å². The van der Waals surface area contributed by atoms with Crippen LogP contribution in [-0.4, -0.2) is 32.6 Å². The Kier molecular flexibility index (Phi) is 4.31. The molecular weight excluding hydrogens is 399 g/mol. The van der Waals surface area contributed by atoms with E-state index >= 15 is 0 Å². The minimum Gasteiger partial charge on any atom is -0.298 e. The third-order valence-electron chi connectivity index (χ3n) is 4.56. The summed E-state index contributed by atoms with van der Waals surface area (Å²) in [6, 6.07) is 12.9. The first-order chi connectivity index (χ1) is 11.3. The van der Waals surface area contributed by atoms with Crippen molar-refractivity contribution in [1.82, 2.24) is 19.5 Å². The zero-order valence-electron chi connectivity index (χ0n) is 12.9. The van der Waals surface area contributed by atoms with E-state index in [0.29, 0.717) is 5.92 Å². The molecule has 1 saturated heterocycles. The van der Waals surface area contributed by atoms with Crippen LogP contribution in [0.5, 0.6) is 0 Å². The van der Waals surface area contributed by atoms with E-state index in [1.807, 2.05) is 16.9 Å². The molecule has 4 nitrogen and oxygen atoms in total. The number of halogens is 1. The Labute approximate surface area is 149 Å². The highest BCUT2D eigenvalue weighted by Crippen LogP contribution is 2.28. The summed E-state index contributed by atoms with van der Waals surface area (Å²) < 4.78 is 3.14. The molecule has 23 heavy (non-hydrogen) atoms. The number of piperidine rings is 1. The van der Waals surface area contributed by atoms with Crippen LogP contribution < -0.4 is 0 Å². The summed E-state index contributed by atoms with van der Waals surface area (Å²) >= 11 is 2.30. The molecule has 0 aliphatic carbocycles. The van der Waals surface area contributed by atoms with E-state index in [0.717, 1.165) is 22.3 Å². The number of likely N-dealkylation sites (tertiary alicyclic amines) is 1. The second-order valence-corrected chi connectivity index (χ2v) is 7.32. The Balaban J connectivity index is 1.57. The van der Waals surface area contributed by atoms with Crippen molar-refractivity contribution in [1.29, 1.82) is 0 Å². The van der Waals surface area contributed by atoms with Gasteiger partial charge in [0, 0.05) is 25.2 Å². The highest BCUT2D eigenvalue weighted by Gasteiger charge is 2.24. The molecule has 1 aliphatic heterocycles. The summed E-state index contributed by atoms with van der Waals surface area (Å²) in [6.07, 6.45) is 6.28. The molecule has 0 spiro atoms. The fourth-order valence-electron chi connectivity index (χ4n) is 3.47. The standard InChI is InChI=1S/C18H19IN4/c19-16-11-21-23-17(8-9-20-18(16)23)15-7-4-10-22(13-15)12-14-5-2-1-3-6-14/h1-3,5-6,8-9,11,15H,4,7,10,12-13H2. The first-order valence-electron chi connectivity index (χ1n) is 8.05. The molecule has 0 bridgehead atoms. The topological polar surface area (TPSA) is 33.4 Å². The molecule has 1 unspecified atom stereocenters. The molecule has 0 radical (unpaired) electrons. The minimum atomic E-state index is 0.522. The second-order valence-electron chi connectivity index (χ2n) is 6.16. The van der Waals surface area contributed by atoms with E-state index in [9.17, 15) is 0 Å². The van der Waals surface area contributed by atoms with Crippen LogP contribution in [0.4, 0.5) is 0 Å². The maximum atomic E-state index is 4.53. The largest absolute Gasteiger partial charge is 0.298 e. The molecule has 1 aromatic carbocycles. The monoisotopic (exact) mass is 418 g/mol. The van der Waals surface area contributed by atoms with Gasteiger partial charge >= 0.3 is 0 Å². The summed E-state index contributed by atoms with van der Waals surface area (Å²) in [4.78, 5) is 7.02. The molecule has 4 rings (SSSR count).